The molecule has 2 amide bonds. The molecule has 2 rings (SSSR count). The van der Waals surface area contributed by atoms with Crippen LogP contribution in [0, 0.1) is 0 Å². The molecule has 4 nitrogen and oxygen atoms in total. The Hall–Kier alpha value is -1.41. The maximum atomic E-state index is 12.9. The Morgan fingerprint density at radius 3 is 2.57 bits per heavy atom. The number of methoxy groups -OCH3 is 1. The Morgan fingerprint density at radius 2 is 1.96 bits per heavy atom. The predicted octanol–water partition coefficient (Wildman–Crippen LogP) is 3.74. The number of nitrogens with one attached hydrogen (secondary N) is 2. The molecule has 1 aliphatic rings. The normalized spacial score (nSPS) is 17.6. The van der Waals surface area contributed by atoms with Crippen molar-refractivity contribution in [2.24, 2.45) is 0 Å². The monoisotopic (exact) mass is 348 g/mol. The highest BCUT2D eigenvalue weighted by Gasteiger charge is 2.34. The Bertz CT molecular complexity index is 546. The standard InChI is InChI=1S/C15H19F3N2O2S/c1-22-14(6-8-23-9-7-14)10-19-13(21)20-12-5-3-2-4-11(12)15(16,17)18/h2-5H,6-10H2,1H3,(H2,19,20,21). The molecule has 128 valence electrons. The summed E-state index contributed by atoms with van der Waals surface area (Å²) in [5.41, 5.74) is -1.57. The van der Waals surface area contributed by atoms with E-state index in [-0.39, 0.29) is 12.2 Å². The van der Waals surface area contributed by atoms with Crippen LogP contribution in [0.15, 0.2) is 24.3 Å². The number of ether oxygens (including phenoxy) is 1. The number of hydrogen-bond acceptors (Lipinski definition) is 3. The quantitative estimate of drug-likeness (QED) is 0.871. The molecule has 0 radical (unpaired) electrons. The van der Waals surface area contributed by atoms with Gasteiger partial charge in [-0.05, 0) is 36.5 Å². The van der Waals surface area contributed by atoms with Gasteiger partial charge in [-0.15, -0.1) is 0 Å². The van der Waals surface area contributed by atoms with Gasteiger partial charge >= 0.3 is 12.2 Å². The number of carbonyl (C=O) groups is 1. The predicted molar refractivity (Wildman–Crippen MR) is 84.8 cm³/mol. The number of para-hydroxylation sites is 1. The summed E-state index contributed by atoms with van der Waals surface area (Å²) in [5.74, 6) is 1.88. The van der Waals surface area contributed by atoms with Crippen molar-refractivity contribution < 1.29 is 22.7 Å². The third kappa shape index (κ3) is 4.78. The number of rotatable bonds is 4. The van der Waals surface area contributed by atoms with E-state index in [0.717, 1.165) is 30.4 Å². The molecule has 1 heterocycles. The summed E-state index contributed by atoms with van der Waals surface area (Å²) in [7, 11) is 1.59. The van der Waals surface area contributed by atoms with Crippen LogP contribution in [-0.4, -0.2) is 36.8 Å². The zero-order valence-corrected chi connectivity index (χ0v) is 13.5. The van der Waals surface area contributed by atoms with Crippen molar-refractivity contribution in [1.29, 1.82) is 0 Å². The molecule has 8 heteroatoms. The van der Waals surface area contributed by atoms with Gasteiger partial charge in [0.2, 0.25) is 0 Å². The van der Waals surface area contributed by atoms with Gasteiger partial charge in [0, 0.05) is 13.7 Å². The lowest BCUT2D eigenvalue weighted by atomic mass is 9.96. The minimum Gasteiger partial charge on any atom is -0.376 e. The topological polar surface area (TPSA) is 50.4 Å². The highest BCUT2D eigenvalue weighted by Crippen LogP contribution is 2.34. The van der Waals surface area contributed by atoms with E-state index >= 15 is 0 Å². The number of amides is 2. The average Bonchev–Trinajstić information content (AvgIpc) is 2.53. The fourth-order valence-corrected chi connectivity index (χ4v) is 3.68. The molecule has 0 atom stereocenters. The third-order valence-electron chi connectivity index (χ3n) is 3.89. The molecule has 1 saturated heterocycles. The largest absolute Gasteiger partial charge is 0.418 e. The molecular weight excluding hydrogens is 329 g/mol. The summed E-state index contributed by atoms with van der Waals surface area (Å²) < 4.78 is 44.2. The molecule has 1 aliphatic heterocycles. The summed E-state index contributed by atoms with van der Waals surface area (Å²) in [6.07, 6.45) is -2.92. The Kier molecular flexibility index (Phi) is 5.80. The smallest absolute Gasteiger partial charge is 0.376 e. The van der Waals surface area contributed by atoms with E-state index in [2.05, 4.69) is 10.6 Å². The van der Waals surface area contributed by atoms with E-state index in [1.165, 1.54) is 18.2 Å². The first-order valence-corrected chi connectivity index (χ1v) is 8.36. The summed E-state index contributed by atoms with van der Waals surface area (Å²) in [5, 5.41) is 4.89. The van der Waals surface area contributed by atoms with E-state index in [0.29, 0.717) is 0 Å². The first-order chi connectivity index (χ1) is 10.9. The van der Waals surface area contributed by atoms with Crippen molar-refractivity contribution in [3.8, 4) is 0 Å². The van der Waals surface area contributed by atoms with Gasteiger partial charge in [0.1, 0.15) is 0 Å². The van der Waals surface area contributed by atoms with Gasteiger partial charge in [0.15, 0.2) is 0 Å². The average molecular weight is 348 g/mol. The minimum atomic E-state index is -4.52. The van der Waals surface area contributed by atoms with Crippen LogP contribution >= 0.6 is 11.8 Å². The molecule has 2 N–H and O–H groups in total. The van der Waals surface area contributed by atoms with Gasteiger partial charge in [-0.1, -0.05) is 12.1 Å². The Labute approximate surface area is 137 Å². The molecule has 0 spiro atoms. The zero-order chi connectivity index (χ0) is 16.9. The van der Waals surface area contributed by atoms with Crippen LogP contribution in [0.5, 0.6) is 0 Å². The van der Waals surface area contributed by atoms with Gasteiger partial charge in [-0.3, -0.25) is 0 Å². The van der Waals surface area contributed by atoms with Crippen LogP contribution in [0.4, 0.5) is 23.7 Å². The van der Waals surface area contributed by atoms with Gasteiger partial charge in [-0.2, -0.15) is 24.9 Å². The van der Waals surface area contributed by atoms with Gasteiger partial charge < -0.3 is 15.4 Å². The number of anilines is 1. The van der Waals surface area contributed by atoms with E-state index in [1.54, 1.807) is 7.11 Å². The highest BCUT2D eigenvalue weighted by molar-refractivity contribution is 7.99. The summed E-state index contributed by atoms with van der Waals surface area (Å²) in [6, 6.07) is 4.22. The highest BCUT2D eigenvalue weighted by atomic mass is 32.2. The van der Waals surface area contributed by atoms with E-state index in [1.807, 2.05) is 11.8 Å². The number of benzene rings is 1. The van der Waals surface area contributed by atoms with Crippen LogP contribution in [0.1, 0.15) is 18.4 Å². The first kappa shape index (κ1) is 17.9. The number of thioether (sulfide) groups is 1. The zero-order valence-electron chi connectivity index (χ0n) is 12.7. The lowest BCUT2D eigenvalue weighted by Crippen LogP contribution is -2.47. The van der Waals surface area contributed by atoms with Crippen molar-refractivity contribution in [3.05, 3.63) is 29.8 Å². The minimum absolute atomic E-state index is 0.261. The van der Waals surface area contributed by atoms with Crippen molar-refractivity contribution >= 4 is 23.5 Å². The fourth-order valence-electron chi connectivity index (χ4n) is 2.44. The summed E-state index contributed by atoms with van der Waals surface area (Å²) in [6.45, 7) is 0.268. The number of hydrogen-bond donors (Lipinski definition) is 2. The molecular formula is C15H19F3N2O2S. The second kappa shape index (κ2) is 7.44. The summed E-state index contributed by atoms with van der Waals surface area (Å²) >= 11 is 1.82. The second-order valence-electron chi connectivity index (χ2n) is 5.35. The van der Waals surface area contributed by atoms with Crippen molar-refractivity contribution in [2.75, 3.05) is 30.5 Å². The molecule has 1 fully saturated rings. The number of urea groups is 1. The van der Waals surface area contributed by atoms with Gasteiger partial charge in [-0.25, -0.2) is 4.79 Å². The van der Waals surface area contributed by atoms with Crippen LogP contribution in [0.25, 0.3) is 0 Å². The molecule has 0 saturated carbocycles. The molecule has 0 aliphatic carbocycles. The maximum Gasteiger partial charge on any atom is 0.418 e. The Morgan fingerprint density at radius 1 is 1.30 bits per heavy atom. The van der Waals surface area contributed by atoms with Crippen molar-refractivity contribution in [1.82, 2.24) is 5.32 Å². The second-order valence-corrected chi connectivity index (χ2v) is 6.58. The summed E-state index contributed by atoms with van der Waals surface area (Å²) in [4.78, 5) is 11.9. The molecule has 23 heavy (non-hydrogen) atoms. The van der Waals surface area contributed by atoms with Crippen molar-refractivity contribution in [2.45, 2.75) is 24.6 Å². The lowest BCUT2D eigenvalue weighted by Gasteiger charge is -2.35. The Balaban J connectivity index is 1.98. The molecule has 0 aromatic heterocycles. The maximum absolute atomic E-state index is 12.9. The number of alkyl halides is 3. The van der Waals surface area contributed by atoms with Crippen molar-refractivity contribution in [3.63, 3.8) is 0 Å². The van der Waals surface area contributed by atoms with Crippen LogP contribution < -0.4 is 10.6 Å². The SMILES string of the molecule is COC1(CNC(=O)Nc2ccccc2C(F)(F)F)CCSCC1. The van der Waals surface area contributed by atoms with E-state index in [4.69, 9.17) is 4.74 Å². The van der Waals surface area contributed by atoms with E-state index < -0.39 is 23.4 Å². The fraction of sp³-hybridized carbons (Fsp3) is 0.533. The molecule has 1 aromatic carbocycles. The molecule has 0 unspecified atom stereocenters. The first-order valence-electron chi connectivity index (χ1n) is 7.20. The van der Waals surface area contributed by atoms with Gasteiger partial charge in [0.05, 0.1) is 16.9 Å². The lowest BCUT2D eigenvalue weighted by molar-refractivity contribution is -0.136. The molecule has 1 aromatic rings. The molecule has 0 bridgehead atoms. The number of carbonyl (C=O) groups excluding carboxylic acids is 1. The van der Waals surface area contributed by atoms with Crippen LogP contribution in [0.3, 0.4) is 0 Å². The van der Waals surface area contributed by atoms with Gasteiger partial charge in [0.25, 0.3) is 0 Å². The van der Waals surface area contributed by atoms with E-state index in [9.17, 15) is 18.0 Å². The van der Waals surface area contributed by atoms with Crippen LogP contribution in [0.2, 0.25) is 0 Å². The number of halogens is 3. The third-order valence-corrected chi connectivity index (χ3v) is 4.87. The van der Waals surface area contributed by atoms with Crippen LogP contribution in [-0.2, 0) is 10.9 Å².